The van der Waals surface area contributed by atoms with Gasteiger partial charge in [0.25, 0.3) is 5.91 Å². The number of nitrogens with two attached hydrogens (primary N) is 1. The van der Waals surface area contributed by atoms with Crippen molar-refractivity contribution in [2.75, 3.05) is 25.1 Å². The van der Waals surface area contributed by atoms with E-state index >= 15 is 0 Å². The smallest absolute Gasteiger partial charge is 0.260 e. The molecule has 6 heteroatoms. The predicted octanol–water partition coefficient (Wildman–Crippen LogP) is 2.55. The van der Waals surface area contributed by atoms with E-state index in [9.17, 15) is 4.79 Å². The number of nitrogens with zero attached hydrogens (tertiary/aromatic N) is 2. The molecule has 0 saturated carbocycles. The minimum absolute atomic E-state index is 0.00110. The summed E-state index contributed by atoms with van der Waals surface area (Å²) in [5, 5.41) is 0.938. The van der Waals surface area contributed by atoms with Crippen molar-refractivity contribution < 1.29 is 9.53 Å². The molecule has 0 aliphatic carbocycles. The van der Waals surface area contributed by atoms with Gasteiger partial charge in [-0.05, 0) is 31.0 Å². The number of nitrogen functional groups attached to an aromatic ring is 1. The van der Waals surface area contributed by atoms with Gasteiger partial charge < -0.3 is 15.1 Å². The van der Waals surface area contributed by atoms with E-state index in [1.54, 1.807) is 6.07 Å². The number of anilines is 1. The first-order valence-corrected chi connectivity index (χ1v) is 7.96. The van der Waals surface area contributed by atoms with Crippen LogP contribution in [0.25, 0.3) is 10.9 Å². The summed E-state index contributed by atoms with van der Waals surface area (Å²) in [6.07, 6.45) is 1.88. The molecule has 2 aromatic rings. The Morgan fingerprint density at radius 3 is 2.61 bits per heavy atom. The van der Waals surface area contributed by atoms with Crippen LogP contribution in [0.4, 0.5) is 5.82 Å². The molecule has 1 heterocycles. The van der Waals surface area contributed by atoms with Gasteiger partial charge in [0.2, 0.25) is 0 Å². The summed E-state index contributed by atoms with van der Waals surface area (Å²) in [5.74, 6) is 6.54. The van der Waals surface area contributed by atoms with Crippen molar-refractivity contribution in [2.24, 2.45) is 5.84 Å². The fraction of sp³-hybridized carbons (Fsp3) is 0.412. The minimum atomic E-state index is -0.00110. The molecule has 1 aromatic carbocycles. The third-order valence-electron chi connectivity index (χ3n) is 3.52. The second-order valence-electron chi connectivity index (χ2n) is 5.34. The van der Waals surface area contributed by atoms with Gasteiger partial charge in [0.1, 0.15) is 17.1 Å². The highest BCUT2D eigenvalue weighted by atomic mass is 16.5. The van der Waals surface area contributed by atoms with Crippen molar-refractivity contribution in [3.63, 3.8) is 0 Å². The van der Waals surface area contributed by atoms with Crippen LogP contribution in [-0.2, 0) is 4.79 Å². The number of aromatic nitrogens is 1. The lowest BCUT2D eigenvalue weighted by atomic mass is 10.2. The van der Waals surface area contributed by atoms with Crippen LogP contribution in [0.5, 0.6) is 5.75 Å². The topological polar surface area (TPSA) is 80.5 Å². The monoisotopic (exact) mass is 316 g/mol. The number of hydrogen-bond donors (Lipinski definition) is 2. The normalized spacial score (nSPS) is 10.6. The zero-order valence-corrected chi connectivity index (χ0v) is 13.7. The van der Waals surface area contributed by atoms with Crippen molar-refractivity contribution >= 4 is 22.6 Å². The number of benzene rings is 1. The third kappa shape index (κ3) is 4.32. The molecule has 0 aliphatic heterocycles. The van der Waals surface area contributed by atoms with E-state index in [1.807, 2.05) is 29.2 Å². The molecule has 0 saturated heterocycles. The number of hydrazine groups is 1. The van der Waals surface area contributed by atoms with E-state index < -0.39 is 0 Å². The van der Waals surface area contributed by atoms with Crippen molar-refractivity contribution in [1.29, 1.82) is 0 Å². The molecule has 0 unspecified atom stereocenters. The molecular formula is C17H24N4O2. The summed E-state index contributed by atoms with van der Waals surface area (Å²) >= 11 is 0. The van der Waals surface area contributed by atoms with Crippen molar-refractivity contribution in [3.8, 4) is 5.75 Å². The van der Waals surface area contributed by atoms with Crippen LogP contribution >= 0.6 is 0 Å². The van der Waals surface area contributed by atoms with E-state index in [0.29, 0.717) is 17.1 Å². The van der Waals surface area contributed by atoms with Crippen LogP contribution in [0.3, 0.4) is 0 Å². The lowest BCUT2D eigenvalue weighted by Gasteiger charge is -2.21. The summed E-state index contributed by atoms with van der Waals surface area (Å²) in [7, 11) is 0. The molecule has 1 amide bonds. The molecule has 0 atom stereocenters. The largest absolute Gasteiger partial charge is 0.481 e. The number of amides is 1. The van der Waals surface area contributed by atoms with Gasteiger partial charge in [-0.25, -0.2) is 10.8 Å². The lowest BCUT2D eigenvalue weighted by molar-refractivity contribution is -0.133. The first kappa shape index (κ1) is 17.0. The highest BCUT2D eigenvalue weighted by molar-refractivity contribution is 5.86. The van der Waals surface area contributed by atoms with Gasteiger partial charge in [-0.1, -0.05) is 26.0 Å². The van der Waals surface area contributed by atoms with Gasteiger partial charge in [-0.3, -0.25) is 4.79 Å². The Kier molecular flexibility index (Phi) is 6.17. The maximum atomic E-state index is 12.3. The van der Waals surface area contributed by atoms with Gasteiger partial charge in [-0.15, -0.1) is 0 Å². The van der Waals surface area contributed by atoms with E-state index in [1.165, 1.54) is 0 Å². The molecule has 0 bridgehead atoms. The van der Waals surface area contributed by atoms with Crippen LogP contribution in [0.1, 0.15) is 26.7 Å². The van der Waals surface area contributed by atoms with E-state index in [2.05, 4.69) is 24.3 Å². The molecule has 2 rings (SSSR count). The molecule has 0 radical (unpaired) electrons. The number of carbonyl (C=O) groups is 1. The van der Waals surface area contributed by atoms with Gasteiger partial charge in [0, 0.05) is 18.5 Å². The SMILES string of the molecule is CCCN(CCC)C(=O)COc1cccc2ccc(NN)nc12. The fourth-order valence-corrected chi connectivity index (χ4v) is 2.45. The van der Waals surface area contributed by atoms with Crippen molar-refractivity contribution in [1.82, 2.24) is 9.88 Å². The Labute approximate surface area is 136 Å². The van der Waals surface area contributed by atoms with Crippen LogP contribution in [-0.4, -0.2) is 35.5 Å². The minimum Gasteiger partial charge on any atom is -0.481 e. The maximum Gasteiger partial charge on any atom is 0.260 e. The number of fused-ring (bicyclic) bond motifs is 1. The van der Waals surface area contributed by atoms with Crippen LogP contribution < -0.4 is 16.0 Å². The zero-order chi connectivity index (χ0) is 16.7. The number of hydrogen-bond acceptors (Lipinski definition) is 5. The molecule has 124 valence electrons. The quantitative estimate of drug-likeness (QED) is 0.578. The maximum absolute atomic E-state index is 12.3. The number of carbonyl (C=O) groups excluding carboxylic acids is 1. The molecule has 23 heavy (non-hydrogen) atoms. The molecule has 0 fully saturated rings. The van der Waals surface area contributed by atoms with Crippen molar-refractivity contribution in [3.05, 3.63) is 30.3 Å². The second kappa shape index (κ2) is 8.33. The Morgan fingerprint density at radius 1 is 1.22 bits per heavy atom. The van der Waals surface area contributed by atoms with E-state index in [0.717, 1.165) is 31.3 Å². The molecular weight excluding hydrogens is 292 g/mol. The molecule has 6 nitrogen and oxygen atoms in total. The van der Waals surface area contributed by atoms with Crippen LogP contribution in [0.2, 0.25) is 0 Å². The van der Waals surface area contributed by atoms with Gasteiger partial charge in [0.15, 0.2) is 6.61 Å². The fourth-order valence-electron chi connectivity index (χ4n) is 2.45. The summed E-state index contributed by atoms with van der Waals surface area (Å²) in [6, 6.07) is 9.34. The third-order valence-corrected chi connectivity index (χ3v) is 3.52. The number of nitrogens with one attached hydrogen (secondary N) is 1. The van der Waals surface area contributed by atoms with Crippen LogP contribution in [0.15, 0.2) is 30.3 Å². The lowest BCUT2D eigenvalue weighted by Crippen LogP contribution is -2.36. The second-order valence-corrected chi connectivity index (χ2v) is 5.34. The average Bonchev–Trinajstić information content (AvgIpc) is 2.58. The average molecular weight is 316 g/mol. The van der Waals surface area contributed by atoms with Gasteiger partial charge >= 0.3 is 0 Å². The Balaban J connectivity index is 2.13. The molecule has 1 aromatic heterocycles. The Morgan fingerprint density at radius 2 is 1.96 bits per heavy atom. The Bertz CT molecular complexity index is 654. The first-order chi connectivity index (χ1) is 11.2. The standard InChI is InChI=1S/C17H24N4O2/c1-3-10-21(11-4-2)16(22)12-23-14-7-5-6-13-8-9-15(20-18)19-17(13)14/h5-9H,3-4,10-12,18H2,1-2H3,(H,19,20). The summed E-state index contributed by atoms with van der Waals surface area (Å²) < 4.78 is 5.73. The van der Waals surface area contributed by atoms with Gasteiger partial charge in [-0.2, -0.15) is 0 Å². The highest BCUT2D eigenvalue weighted by Crippen LogP contribution is 2.25. The van der Waals surface area contributed by atoms with Gasteiger partial charge in [0.05, 0.1) is 0 Å². The molecule has 3 N–H and O–H groups in total. The number of rotatable bonds is 8. The first-order valence-electron chi connectivity index (χ1n) is 7.96. The summed E-state index contributed by atoms with van der Waals surface area (Å²) in [6.45, 7) is 5.65. The van der Waals surface area contributed by atoms with E-state index in [4.69, 9.17) is 10.6 Å². The van der Waals surface area contributed by atoms with Crippen molar-refractivity contribution in [2.45, 2.75) is 26.7 Å². The number of pyridine rings is 1. The number of para-hydroxylation sites is 1. The molecule has 0 aliphatic rings. The highest BCUT2D eigenvalue weighted by Gasteiger charge is 2.13. The Hall–Kier alpha value is -2.34. The van der Waals surface area contributed by atoms with Crippen LogP contribution in [0, 0.1) is 0 Å². The van der Waals surface area contributed by atoms with E-state index in [-0.39, 0.29) is 12.5 Å². The molecule has 0 spiro atoms. The summed E-state index contributed by atoms with van der Waals surface area (Å²) in [5.41, 5.74) is 3.21. The zero-order valence-electron chi connectivity index (χ0n) is 13.7. The predicted molar refractivity (Wildman–Crippen MR) is 92.2 cm³/mol. The summed E-state index contributed by atoms with van der Waals surface area (Å²) in [4.78, 5) is 18.5. The number of ether oxygens (including phenoxy) is 1.